The Morgan fingerprint density at radius 1 is 0.909 bits per heavy atom. The van der Waals surface area contributed by atoms with Crippen LogP contribution in [0.15, 0.2) is 71.8 Å². The lowest BCUT2D eigenvalue weighted by molar-refractivity contribution is -0.119. The predicted molar refractivity (Wildman–Crippen MR) is 129 cm³/mol. The number of benzene rings is 3. The molecule has 0 spiro atoms. The molecule has 0 aromatic heterocycles. The second-order valence-electron chi connectivity index (χ2n) is 7.41. The summed E-state index contributed by atoms with van der Waals surface area (Å²) in [6.45, 7) is 6.29. The van der Waals surface area contributed by atoms with Gasteiger partial charge < -0.3 is 14.8 Å². The number of hydrazone groups is 1. The van der Waals surface area contributed by atoms with E-state index in [-0.39, 0.29) is 12.5 Å². The molecule has 0 fully saturated rings. The van der Waals surface area contributed by atoms with E-state index in [1.807, 2.05) is 57.2 Å². The second kappa shape index (κ2) is 11.5. The maximum Gasteiger partial charge on any atom is 0.343 e. The summed E-state index contributed by atoms with van der Waals surface area (Å²) < 4.78 is 11.1. The van der Waals surface area contributed by atoms with Gasteiger partial charge in [0.15, 0.2) is 11.5 Å². The summed E-state index contributed by atoms with van der Waals surface area (Å²) in [4.78, 5) is 24.4. The number of amides is 1. The number of esters is 1. The maximum absolute atomic E-state index is 12.4. The Bertz CT molecular complexity index is 1120. The summed E-state index contributed by atoms with van der Waals surface area (Å²) in [6.07, 6.45) is 1.50. The third-order valence-electron chi connectivity index (χ3n) is 4.67. The molecular formula is C26H27N3O4. The van der Waals surface area contributed by atoms with Crippen LogP contribution in [0, 0.1) is 13.8 Å². The van der Waals surface area contributed by atoms with Gasteiger partial charge in [0.2, 0.25) is 0 Å². The monoisotopic (exact) mass is 445 g/mol. The van der Waals surface area contributed by atoms with Crippen LogP contribution in [-0.2, 0) is 4.79 Å². The Balaban J connectivity index is 1.58. The molecule has 2 N–H and O–H groups in total. The summed E-state index contributed by atoms with van der Waals surface area (Å²) in [5.41, 5.74) is 6.68. The highest BCUT2D eigenvalue weighted by molar-refractivity contribution is 5.91. The highest BCUT2D eigenvalue weighted by Gasteiger charge is 2.13. The fourth-order valence-electron chi connectivity index (χ4n) is 2.88. The summed E-state index contributed by atoms with van der Waals surface area (Å²) in [5, 5.41) is 7.02. The van der Waals surface area contributed by atoms with Crippen LogP contribution in [0.3, 0.4) is 0 Å². The first kappa shape index (κ1) is 23.5. The van der Waals surface area contributed by atoms with E-state index in [0.717, 1.165) is 16.8 Å². The summed E-state index contributed by atoms with van der Waals surface area (Å²) >= 11 is 0. The van der Waals surface area contributed by atoms with Gasteiger partial charge in [0, 0.05) is 5.69 Å². The first-order valence-corrected chi connectivity index (χ1v) is 10.6. The first-order chi connectivity index (χ1) is 15.9. The van der Waals surface area contributed by atoms with E-state index >= 15 is 0 Å². The van der Waals surface area contributed by atoms with Gasteiger partial charge in [-0.25, -0.2) is 10.2 Å². The average Bonchev–Trinajstić information content (AvgIpc) is 2.81. The van der Waals surface area contributed by atoms with Crippen LogP contribution < -0.4 is 20.2 Å². The zero-order valence-corrected chi connectivity index (χ0v) is 18.9. The third kappa shape index (κ3) is 7.21. The van der Waals surface area contributed by atoms with Gasteiger partial charge in [-0.3, -0.25) is 4.79 Å². The maximum atomic E-state index is 12.4. The molecule has 7 nitrogen and oxygen atoms in total. The standard InChI is InChI=1S/C26H27N3O4/c1-4-32-24-15-20(9-14-23(24)33-26(31)21-10-5-18(2)6-11-21)16-28-29-25(30)17-27-22-12-7-19(3)8-13-22/h5-16,27H,4,17H2,1-3H3,(H,29,30)/b28-16+. The number of hydrogen-bond donors (Lipinski definition) is 2. The number of ether oxygens (including phenoxy) is 2. The van der Waals surface area contributed by atoms with Crippen molar-refractivity contribution in [2.24, 2.45) is 5.10 Å². The Morgan fingerprint density at radius 3 is 2.24 bits per heavy atom. The van der Waals surface area contributed by atoms with Gasteiger partial charge in [-0.2, -0.15) is 5.10 Å². The average molecular weight is 446 g/mol. The molecule has 0 atom stereocenters. The number of nitrogens with zero attached hydrogens (tertiary/aromatic N) is 1. The molecule has 7 heteroatoms. The van der Waals surface area contributed by atoms with Crippen molar-refractivity contribution in [3.05, 3.63) is 89.0 Å². The molecule has 1 amide bonds. The van der Waals surface area contributed by atoms with Gasteiger partial charge in [-0.15, -0.1) is 0 Å². The Hall–Kier alpha value is -4.13. The molecular weight excluding hydrogens is 418 g/mol. The smallest absolute Gasteiger partial charge is 0.343 e. The van der Waals surface area contributed by atoms with Crippen molar-refractivity contribution in [1.82, 2.24) is 5.43 Å². The highest BCUT2D eigenvalue weighted by Crippen LogP contribution is 2.29. The number of hydrogen-bond acceptors (Lipinski definition) is 6. The van der Waals surface area contributed by atoms with Crippen LogP contribution in [0.5, 0.6) is 11.5 Å². The molecule has 0 saturated heterocycles. The van der Waals surface area contributed by atoms with Crippen LogP contribution in [0.25, 0.3) is 0 Å². The van der Waals surface area contributed by atoms with Gasteiger partial charge >= 0.3 is 5.97 Å². The topological polar surface area (TPSA) is 89.0 Å². The minimum Gasteiger partial charge on any atom is -0.490 e. The first-order valence-electron chi connectivity index (χ1n) is 10.6. The van der Waals surface area contributed by atoms with Crippen molar-refractivity contribution in [3.8, 4) is 11.5 Å². The van der Waals surface area contributed by atoms with E-state index in [1.54, 1.807) is 30.3 Å². The lowest BCUT2D eigenvalue weighted by Gasteiger charge is -2.11. The number of nitrogens with one attached hydrogen (secondary N) is 2. The molecule has 0 saturated carbocycles. The normalized spacial score (nSPS) is 10.6. The molecule has 170 valence electrons. The highest BCUT2D eigenvalue weighted by atomic mass is 16.6. The van der Waals surface area contributed by atoms with Crippen molar-refractivity contribution in [2.45, 2.75) is 20.8 Å². The predicted octanol–water partition coefficient (Wildman–Crippen LogP) is 4.48. The summed E-state index contributed by atoms with van der Waals surface area (Å²) in [7, 11) is 0. The van der Waals surface area contributed by atoms with E-state index in [9.17, 15) is 9.59 Å². The number of rotatable bonds is 9. The third-order valence-corrected chi connectivity index (χ3v) is 4.67. The lowest BCUT2D eigenvalue weighted by Crippen LogP contribution is -2.25. The van der Waals surface area contributed by atoms with Crippen LogP contribution in [0.1, 0.15) is 34.0 Å². The zero-order chi connectivity index (χ0) is 23.6. The molecule has 0 heterocycles. The molecule has 0 unspecified atom stereocenters. The molecule has 3 aromatic rings. The largest absolute Gasteiger partial charge is 0.490 e. The van der Waals surface area contributed by atoms with E-state index in [2.05, 4.69) is 15.8 Å². The molecule has 0 aliphatic rings. The van der Waals surface area contributed by atoms with E-state index < -0.39 is 5.97 Å². The van der Waals surface area contributed by atoms with Crippen molar-refractivity contribution in [1.29, 1.82) is 0 Å². The van der Waals surface area contributed by atoms with Crippen molar-refractivity contribution in [2.75, 3.05) is 18.5 Å². The Labute approximate surface area is 193 Å². The van der Waals surface area contributed by atoms with Crippen LogP contribution in [-0.4, -0.2) is 31.2 Å². The Morgan fingerprint density at radius 2 is 1.58 bits per heavy atom. The SMILES string of the molecule is CCOc1cc(/C=N/NC(=O)CNc2ccc(C)cc2)ccc1OC(=O)c1ccc(C)cc1. The minimum absolute atomic E-state index is 0.0957. The van der Waals surface area contributed by atoms with Gasteiger partial charge in [-0.05, 0) is 68.8 Å². The molecule has 33 heavy (non-hydrogen) atoms. The van der Waals surface area contributed by atoms with Crippen LogP contribution in [0.2, 0.25) is 0 Å². The van der Waals surface area contributed by atoms with Gasteiger partial charge in [0.05, 0.1) is 24.9 Å². The molecule has 0 aliphatic heterocycles. The number of carbonyl (C=O) groups excluding carboxylic acids is 2. The molecule has 0 bridgehead atoms. The summed E-state index contributed by atoms with van der Waals surface area (Å²) in [6, 6.07) is 20.0. The van der Waals surface area contributed by atoms with E-state index in [0.29, 0.717) is 29.2 Å². The van der Waals surface area contributed by atoms with Crippen molar-refractivity contribution >= 4 is 23.8 Å². The number of aryl methyl sites for hydroxylation is 2. The van der Waals surface area contributed by atoms with E-state index in [4.69, 9.17) is 9.47 Å². The van der Waals surface area contributed by atoms with Crippen molar-refractivity contribution < 1.29 is 19.1 Å². The lowest BCUT2D eigenvalue weighted by atomic mass is 10.1. The number of anilines is 1. The fraction of sp³-hybridized carbons (Fsp3) is 0.192. The van der Waals surface area contributed by atoms with Gasteiger partial charge in [0.25, 0.3) is 5.91 Å². The quantitative estimate of drug-likeness (QED) is 0.219. The second-order valence-corrected chi connectivity index (χ2v) is 7.41. The van der Waals surface area contributed by atoms with E-state index in [1.165, 1.54) is 6.21 Å². The summed E-state index contributed by atoms with van der Waals surface area (Å²) in [5.74, 6) is -0.0219. The van der Waals surface area contributed by atoms with Gasteiger partial charge in [-0.1, -0.05) is 35.4 Å². The van der Waals surface area contributed by atoms with Crippen molar-refractivity contribution in [3.63, 3.8) is 0 Å². The minimum atomic E-state index is -0.467. The van der Waals surface area contributed by atoms with Crippen LogP contribution in [0.4, 0.5) is 5.69 Å². The van der Waals surface area contributed by atoms with Crippen LogP contribution >= 0.6 is 0 Å². The Kier molecular flexibility index (Phi) is 8.18. The zero-order valence-electron chi connectivity index (χ0n) is 18.9. The molecule has 3 rings (SSSR count). The van der Waals surface area contributed by atoms with Gasteiger partial charge in [0.1, 0.15) is 0 Å². The molecule has 3 aromatic carbocycles. The molecule has 0 radical (unpaired) electrons. The molecule has 0 aliphatic carbocycles. The number of carbonyl (C=O) groups is 2. The fourth-order valence-corrected chi connectivity index (χ4v) is 2.88.